The van der Waals surface area contributed by atoms with Crippen LogP contribution in [0, 0.1) is 0 Å². The largest absolute Gasteiger partial charge is 0.311 e. The second kappa shape index (κ2) is 5.38. The smallest absolute Gasteiger partial charge is 0.0452 e. The third-order valence-corrected chi connectivity index (χ3v) is 4.21. The Kier molecular flexibility index (Phi) is 4.22. The Labute approximate surface area is 119 Å². The number of hydrogen-bond donors (Lipinski definition) is 1. The van der Waals surface area contributed by atoms with Gasteiger partial charge < -0.3 is 5.32 Å². The van der Waals surface area contributed by atoms with Crippen LogP contribution in [-0.4, -0.2) is 29.6 Å². The third kappa shape index (κ3) is 3.18. The van der Waals surface area contributed by atoms with E-state index in [-0.39, 0.29) is 5.54 Å². The van der Waals surface area contributed by atoms with Crippen molar-refractivity contribution < 1.29 is 0 Å². The van der Waals surface area contributed by atoms with Crippen LogP contribution < -0.4 is 5.32 Å². The summed E-state index contributed by atoms with van der Waals surface area (Å²) in [6.45, 7) is 9.58. The fraction of sp³-hybridized carbons (Fsp3) is 0.571. The van der Waals surface area contributed by atoms with E-state index in [1.807, 2.05) is 18.2 Å². The molecule has 1 aromatic rings. The van der Waals surface area contributed by atoms with Gasteiger partial charge in [-0.2, -0.15) is 0 Å². The number of nitrogens with one attached hydrogen (secondary N) is 1. The second-order valence-corrected chi connectivity index (χ2v) is 6.55. The molecule has 18 heavy (non-hydrogen) atoms. The lowest BCUT2D eigenvalue weighted by Crippen LogP contribution is -2.60. The van der Waals surface area contributed by atoms with E-state index in [9.17, 15) is 0 Å². The Morgan fingerprint density at radius 3 is 2.83 bits per heavy atom. The SMILES string of the molecule is CC1CN(Cc2cc(Cl)ccc2Cl)C(C)(C)CN1. The first-order chi connectivity index (χ1) is 8.38. The van der Waals surface area contributed by atoms with Gasteiger partial charge in [0, 0.05) is 41.3 Å². The van der Waals surface area contributed by atoms with Gasteiger partial charge in [-0.1, -0.05) is 23.2 Å². The fourth-order valence-corrected chi connectivity index (χ4v) is 2.70. The maximum absolute atomic E-state index is 6.24. The Morgan fingerprint density at radius 2 is 2.11 bits per heavy atom. The molecule has 1 N–H and O–H groups in total. The van der Waals surface area contributed by atoms with Gasteiger partial charge in [-0.15, -0.1) is 0 Å². The van der Waals surface area contributed by atoms with E-state index in [1.165, 1.54) is 0 Å². The molecular weight excluding hydrogens is 267 g/mol. The van der Waals surface area contributed by atoms with Crippen molar-refractivity contribution in [1.29, 1.82) is 0 Å². The van der Waals surface area contributed by atoms with Crippen molar-refractivity contribution in [1.82, 2.24) is 10.2 Å². The molecule has 0 aliphatic carbocycles. The highest BCUT2D eigenvalue weighted by Crippen LogP contribution is 2.26. The van der Waals surface area contributed by atoms with E-state index < -0.39 is 0 Å². The second-order valence-electron chi connectivity index (χ2n) is 5.71. The minimum atomic E-state index is 0.137. The van der Waals surface area contributed by atoms with E-state index in [1.54, 1.807) is 0 Å². The maximum atomic E-state index is 6.24. The Hall–Kier alpha value is -0.280. The summed E-state index contributed by atoms with van der Waals surface area (Å²) in [5.41, 5.74) is 1.24. The van der Waals surface area contributed by atoms with Crippen molar-refractivity contribution in [3.8, 4) is 0 Å². The number of rotatable bonds is 2. The molecule has 2 rings (SSSR count). The topological polar surface area (TPSA) is 15.3 Å². The molecule has 0 spiro atoms. The molecule has 1 aromatic carbocycles. The van der Waals surface area contributed by atoms with Gasteiger partial charge in [0.2, 0.25) is 0 Å². The molecule has 0 bridgehead atoms. The minimum Gasteiger partial charge on any atom is -0.311 e. The van der Waals surface area contributed by atoms with Crippen LogP contribution in [-0.2, 0) is 6.54 Å². The maximum Gasteiger partial charge on any atom is 0.0452 e. The van der Waals surface area contributed by atoms with Crippen LogP contribution in [0.25, 0.3) is 0 Å². The van der Waals surface area contributed by atoms with E-state index in [4.69, 9.17) is 23.2 Å². The molecule has 0 saturated carbocycles. The van der Waals surface area contributed by atoms with Gasteiger partial charge in [-0.25, -0.2) is 0 Å². The molecule has 0 amide bonds. The van der Waals surface area contributed by atoms with Crippen molar-refractivity contribution in [2.75, 3.05) is 13.1 Å². The van der Waals surface area contributed by atoms with Crippen LogP contribution in [0.4, 0.5) is 0 Å². The van der Waals surface area contributed by atoms with E-state index >= 15 is 0 Å². The summed E-state index contributed by atoms with van der Waals surface area (Å²) in [4.78, 5) is 2.46. The monoisotopic (exact) mass is 286 g/mol. The zero-order valence-electron chi connectivity index (χ0n) is 11.1. The minimum absolute atomic E-state index is 0.137. The Morgan fingerprint density at radius 1 is 1.39 bits per heavy atom. The standard InChI is InChI=1S/C14H20Cl2N2/c1-10-7-18(14(2,3)9-17-10)8-11-6-12(15)4-5-13(11)16/h4-6,10,17H,7-9H2,1-3H3. The van der Waals surface area contributed by atoms with E-state index in [0.29, 0.717) is 6.04 Å². The Bertz CT molecular complexity index is 432. The van der Waals surface area contributed by atoms with Crippen LogP contribution in [0.5, 0.6) is 0 Å². The summed E-state index contributed by atoms with van der Waals surface area (Å²) in [7, 11) is 0. The van der Waals surface area contributed by atoms with Gasteiger partial charge in [0.1, 0.15) is 0 Å². The molecule has 2 nitrogen and oxygen atoms in total. The van der Waals surface area contributed by atoms with Crippen molar-refractivity contribution in [2.24, 2.45) is 0 Å². The first-order valence-corrected chi connectivity index (χ1v) is 7.06. The lowest BCUT2D eigenvalue weighted by atomic mass is 9.97. The highest BCUT2D eigenvalue weighted by Gasteiger charge is 2.32. The first-order valence-electron chi connectivity index (χ1n) is 6.31. The molecule has 1 aliphatic rings. The number of hydrogen-bond acceptors (Lipinski definition) is 2. The van der Waals surface area contributed by atoms with Crippen molar-refractivity contribution in [3.05, 3.63) is 33.8 Å². The summed E-state index contributed by atoms with van der Waals surface area (Å²) in [6, 6.07) is 6.18. The normalized spacial score (nSPS) is 24.2. The molecule has 0 radical (unpaired) electrons. The molecule has 1 heterocycles. The Balaban J connectivity index is 2.18. The molecule has 1 unspecified atom stereocenters. The number of benzene rings is 1. The van der Waals surface area contributed by atoms with Gasteiger partial charge in [0.05, 0.1) is 0 Å². The van der Waals surface area contributed by atoms with Gasteiger partial charge in [0.15, 0.2) is 0 Å². The highest BCUT2D eigenvalue weighted by molar-refractivity contribution is 6.33. The predicted octanol–water partition coefficient (Wildman–Crippen LogP) is 3.57. The number of piperazine rings is 1. The molecule has 4 heteroatoms. The highest BCUT2D eigenvalue weighted by atomic mass is 35.5. The zero-order chi connectivity index (χ0) is 13.3. The lowest BCUT2D eigenvalue weighted by molar-refractivity contribution is 0.0627. The lowest BCUT2D eigenvalue weighted by Gasteiger charge is -2.45. The van der Waals surface area contributed by atoms with E-state index in [0.717, 1.165) is 35.2 Å². The van der Waals surface area contributed by atoms with Gasteiger partial charge in [-0.05, 0) is 44.5 Å². The van der Waals surface area contributed by atoms with E-state index in [2.05, 4.69) is 31.0 Å². The van der Waals surface area contributed by atoms with Crippen molar-refractivity contribution >= 4 is 23.2 Å². The van der Waals surface area contributed by atoms with Gasteiger partial charge >= 0.3 is 0 Å². The van der Waals surface area contributed by atoms with Crippen LogP contribution in [0.2, 0.25) is 10.0 Å². The van der Waals surface area contributed by atoms with Crippen LogP contribution >= 0.6 is 23.2 Å². The molecule has 1 atom stereocenters. The summed E-state index contributed by atoms with van der Waals surface area (Å²) < 4.78 is 0. The molecule has 1 saturated heterocycles. The summed E-state index contributed by atoms with van der Waals surface area (Å²) >= 11 is 12.3. The summed E-state index contributed by atoms with van der Waals surface area (Å²) in [6.07, 6.45) is 0. The molecular formula is C14H20Cl2N2. The summed E-state index contributed by atoms with van der Waals surface area (Å²) in [5, 5.41) is 5.05. The van der Waals surface area contributed by atoms with Crippen LogP contribution in [0.1, 0.15) is 26.3 Å². The molecule has 0 aromatic heterocycles. The third-order valence-electron chi connectivity index (χ3n) is 3.60. The first kappa shape index (κ1) is 14.1. The van der Waals surface area contributed by atoms with Crippen LogP contribution in [0.3, 0.4) is 0 Å². The summed E-state index contributed by atoms with van der Waals surface area (Å²) in [5.74, 6) is 0. The van der Waals surface area contributed by atoms with Crippen LogP contribution in [0.15, 0.2) is 18.2 Å². The number of nitrogens with zero attached hydrogens (tertiary/aromatic N) is 1. The fourth-order valence-electron chi connectivity index (χ4n) is 2.33. The average molecular weight is 287 g/mol. The quantitative estimate of drug-likeness (QED) is 0.894. The molecule has 100 valence electrons. The van der Waals surface area contributed by atoms with Gasteiger partial charge in [-0.3, -0.25) is 4.90 Å². The van der Waals surface area contributed by atoms with Crippen molar-refractivity contribution in [3.63, 3.8) is 0 Å². The number of halogens is 2. The predicted molar refractivity (Wildman–Crippen MR) is 78.4 cm³/mol. The van der Waals surface area contributed by atoms with Crippen molar-refractivity contribution in [2.45, 2.75) is 38.9 Å². The molecule has 1 fully saturated rings. The molecule has 1 aliphatic heterocycles. The average Bonchev–Trinajstić information content (AvgIpc) is 2.29. The van der Waals surface area contributed by atoms with Gasteiger partial charge in [0.25, 0.3) is 0 Å². The zero-order valence-corrected chi connectivity index (χ0v) is 12.6.